The Labute approximate surface area is 438 Å². The number of nitrogens with one attached hydrogen (secondary N) is 8. The number of thioether (sulfide) groups is 1. The summed E-state index contributed by atoms with van der Waals surface area (Å²) in [5.74, 6) is -1.69. The Morgan fingerprint density at radius 1 is 0.548 bits per heavy atom. The highest BCUT2D eigenvalue weighted by atomic mass is 32.2. The third kappa shape index (κ3) is 42.3. The zero-order valence-corrected chi connectivity index (χ0v) is 43.1. The van der Waals surface area contributed by atoms with Gasteiger partial charge >= 0.3 is 6.03 Å². The summed E-state index contributed by atoms with van der Waals surface area (Å²) in [5, 5.41) is 22.7. The van der Waals surface area contributed by atoms with E-state index >= 15 is 0 Å². The summed E-state index contributed by atoms with van der Waals surface area (Å²) in [6.45, 7) is 7.75. The van der Waals surface area contributed by atoms with E-state index in [1.54, 1.807) is 25.6 Å². The first kappa shape index (κ1) is 70.3. The van der Waals surface area contributed by atoms with Crippen LogP contribution in [0.25, 0.3) is 0 Å². The molecule has 0 radical (unpaired) electrons. The topological polar surface area (TPSA) is 339 Å². The van der Waals surface area contributed by atoms with Crippen molar-refractivity contribution >= 4 is 65.1 Å². The fraction of sp³-hybridized carbons (Fsp3) is 0.816. The molecule has 1 aliphatic rings. The largest absolute Gasteiger partial charge is 0.377 e. The lowest BCUT2D eigenvalue weighted by Gasteiger charge is -2.21. The van der Waals surface area contributed by atoms with Gasteiger partial charge in [-0.05, 0) is 64.2 Å². The summed E-state index contributed by atoms with van der Waals surface area (Å²) in [6, 6.07) is -0.895. The standard InChI is InChI=1S/C47H86N10O13S.2CH4/c1-35(44(48)63)12-5-8-20-51-42(61)33-69-29-28-68-26-23-53-43(62)34-70-30-27-67-25-22-52-40(59)18-11-17-39(58)50-19-10-7-15-38(46(65)54-21-9-6-13-36(2)45(49)64)57-41(60)16-4-3-14-37-32-56-47(66)55-24-31-71-37;;/h35-38H,3-34H2,1-2H3,(H2,48,63)(H2,49,64)(H,50,58)(H,51,61)(H,52,59)(H,53,62)(H,54,65)(H,57,60)(H2,55,56,66);2*1H4/t35-,36-,37-,38-;;/m0../s1. The van der Waals surface area contributed by atoms with Gasteiger partial charge in [-0.1, -0.05) is 48.0 Å². The number of primary amides is 2. The first-order valence-electron chi connectivity index (χ1n) is 25.3. The fourth-order valence-electron chi connectivity index (χ4n) is 6.78. The van der Waals surface area contributed by atoms with E-state index in [2.05, 4.69) is 42.5 Å². The Morgan fingerprint density at radius 2 is 1.01 bits per heavy atom. The lowest BCUT2D eigenvalue weighted by atomic mass is 10.0. The molecule has 0 bridgehead atoms. The molecule has 0 saturated carbocycles. The summed E-state index contributed by atoms with van der Waals surface area (Å²) in [7, 11) is 0. The van der Waals surface area contributed by atoms with Gasteiger partial charge < -0.3 is 72.9 Å². The number of ether oxygens (including phenoxy) is 4. The zero-order valence-electron chi connectivity index (χ0n) is 42.3. The minimum atomic E-state index is -0.733. The lowest BCUT2D eigenvalue weighted by molar-refractivity contribution is -0.129. The Kier molecular flexibility index (Phi) is 45.2. The number of nitrogens with two attached hydrogens (primary N) is 2. The molecule has 1 fully saturated rings. The number of rotatable bonds is 44. The normalized spacial score (nSPS) is 14.4. The van der Waals surface area contributed by atoms with Crippen LogP contribution in [0.2, 0.25) is 0 Å². The van der Waals surface area contributed by atoms with Crippen LogP contribution in [0.15, 0.2) is 0 Å². The predicted octanol–water partition coefficient (Wildman–Crippen LogP) is 1.29. The second kappa shape index (κ2) is 47.0. The molecule has 24 heteroatoms. The minimum Gasteiger partial charge on any atom is -0.377 e. The Balaban J connectivity index is 0. The van der Waals surface area contributed by atoms with Crippen LogP contribution in [0.3, 0.4) is 0 Å². The number of urea groups is 1. The molecular weight excluding hydrogens is 969 g/mol. The van der Waals surface area contributed by atoms with Crippen molar-refractivity contribution < 1.29 is 62.1 Å². The van der Waals surface area contributed by atoms with Crippen LogP contribution >= 0.6 is 11.8 Å². The average molecular weight is 1060 g/mol. The van der Waals surface area contributed by atoms with Gasteiger partial charge in [-0.2, -0.15) is 11.8 Å². The number of carbonyl (C=O) groups is 9. The summed E-state index contributed by atoms with van der Waals surface area (Å²) in [5.41, 5.74) is 10.6. The van der Waals surface area contributed by atoms with Gasteiger partial charge in [0.05, 0.1) is 39.6 Å². The molecule has 424 valence electrons. The molecule has 4 atom stereocenters. The molecule has 0 spiro atoms. The zero-order chi connectivity index (χ0) is 52.3. The summed E-state index contributed by atoms with van der Waals surface area (Å²) >= 11 is 1.79. The molecule has 0 aromatic heterocycles. The third-order valence-electron chi connectivity index (χ3n) is 11.2. The predicted molar refractivity (Wildman–Crippen MR) is 282 cm³/mol. The van der Waals surface area contributed by atoms with Gasteiger partial charge in [0.1, 0.15) is 19.3 Å². The highest BCUT2D eigenvalue weighted by molar-refractivity contribution is 7.99. The van der Waals surface area contributed by atoms with Gasteiger partial charge in [-0.3, -0.25) is 38.4 Å². The number of hydrogen-bond donors (Lipinski definition) is 10. The highest BCUT2D eigenvalue weighted by Crippen LogP contribution is 2.18. The van der Waals surface area contributed by atoms with Crippen molar-refractivity contribution in [3.05, 3.63) is 0 Å². The van der Waals surface area contributed by atoms with E-state index in [0.29, 0.717) is 84.1 Å². The van der Waals surface area contributed by atoms with Crippen LogP contribution in [-0.4, -0.2) is 169 Å². The van der Waals surface area contributed by atoms with Crippen molar-refractivity contribution in [3.63, 3.8) is 0 Å². The maximum absolute atomic E-state index is 13.1. The molecule has 0 aromatic rings. The molecular formula is C49H94N10O13S. The molecule has 1 rings (SSSR count). The van der Waals surface area contributed by atoms with E-state index in [4.69, 9.17) is 30.4 Å². The SMILES string of the molecule is C.C.C[C@@H](CCCCNC(=O)COCCOCCNC(=O)COCCOCCNC(=O)CCCC(=O)NCCCC[C@H](NC(=O)CCCC[C@H]1CNC(=O)NCCS1)C(=O)NCCCC[C@H](C)C(N)=O)C(N)=O. The van der Waals surface area contributed by atoms with E-state index < -0.39 is 6.04 Å². The highest BCUT2D eigenvalue weighted by Gasteiger charge is 2.21. The first-order chi connectivity index (χ1) is 34.2. The smallest absolute Gasteiger partial charge is 0.314 e. The molecule has 12 N–H and O–H groups in total. The molecule has 73 heavy (non-hydrogen) atoms. The maximum Gasteiger partial charge on any atom is 0.314 e. The number of amides is 10. The molecule has 1 saturated heterocycles. The molecule has 0 aliphatic carbocycles. The molecule has 23 nitrogen and oxygen atoms in total. The van der Waals surface area contributed by atoms with Crippen LogP contribution in [-0.2, 0) is 57.3 Å². The lowest BCUT2D eigenvalue weighted by Crippen LogP contribution is -2.47. The van der Waals surface area contributed by atoms with Crippen LogP contribution in [0.1, 0.15) is 131 Å². The average Bonchev–Trinajstić information content (AvgIpc) is 3.32. The summed E-state index contributed by atoms with van der Waals surface area (Å²) in [6.07, 6.45) is 9.10. The van der Waals surface area contributed by atoms with Crippen molar-refractivity contribution in [2.24, 2.45) is 23.3 Å². The Hall–Kier alpha value is -4.78. The van der Waals surface area contributed by atoms with Crippen molar-refractivity contribution in [3.8, 4) is 0 Å². The van der Waals surface area contributed by atoms with Gasteiger partial charge in [-0.25, -0.2) is 4.79 Å². The summed E-state index contributed by atoms with van der Waals surface area (Å²) < 4.78 is 21.4. The fourth-order valence-corrected chi connectivity index (χ4v) is 7.87. The Morgan fingerprint density at radius 3 is 1.56 bits per heavy atom. The molecule has 1 aliphatic heterocycles. The van der Waals surface area contributed by atoms with E-state index in [1.807, 2.05) is 0 Å². The van der Waals surface area contributed by atoms with Crippen molar-refractivity contribution in [2.45, 2.75) is 143 Å². The van der Waals surface area contributed by atoms with Crippen LogP contribution in [0.5, 0.6) is 0 Å². The van der Waals surface area contributed by atoms with Crippen LogP contribution in [0, 0.1) is 11.8 Å². The van der Waals surface area contributed by atoms with Gasteiger partial charge in [0.25, 0.3) is 0 Å². The number of carbonyl (C=O) groups excluding carboxylic acids is 9. The Bertz CT molecular complexity index is 1570. The van der Waals surface area contributed by atoms with E-state index in [1.165, 1.54) is 0 Å². The van der Waals surface area contributed by atoms with Crippen molar-refractivity contribution in [2.75, 3.05) is 104 Å². The van der Waals surface area contributed by atoms with Gasteiger partial charge in [-0.15, -0.1) is 0 Å². The maximum atomic E-state index is 13.1. The molecule has 0 aromatic carbocycles. The number of unbranched alkanes of at least 4 members (excludes halogenated alkanes) is 4. The minimum absolute atomic E-state index is 0. The quantitative estimate of drug-likeness (QED) is 0.0385. The molecule has 10 amide bonds. The van der Waals surface area contributed by atoms with Crippen LogP contribution < -0.4 is 54.0 Å². The van der Waals surface area contributed by atoms with E-state index in [0.717, 1.165) is 37.9 Å². The third-order valence-corrected chi connectivity index (χ3v) is 12.5. The van der Waals surface area contributed by atoms with Crippen molar-refractivity contribution in [1.29, 1.82) is 0 Å². The van der Waals surface area contributed by atoms with E-state index in [9.17, 15) is 43.2 Å². The van der Waals surface area contributed by atoms with Crippen molar-refractivity contribution in [1.82, 2.24) is 42.5 Å². The first-order valence-corrected chi connectivity index (χ1v) is 26.4. The summed E-state index contributed by atoms with van der Waals surface area (Å²) in [4.78, 5) is 108. The number of hydrogen-bond acceptors (Lipinski definition) is 14. The molecule has 1 heterocycles. The monoisotopic (exact) mass is 1060 g/mol. The second-order valence-electron chi connectivity index (χ2n) is 17.5. The second-order valence-corrected chi connectivity index (χ2v) is 18.9. The van der Waals surface area contributed by atoms with Gasteiger partial charge in [0.15, 0.2) is 0 Å². The van der Waals surface area contributed by atoms with Crippen LogP contribution in [0.4, 0.5) is 4.79 Å². The van der Waals surface area contributed by atoms with Gasteiger partial charge in [0.2, 0.25) is 47.3 Å². The molecule has 0 unspecified atom stereocenters. The van der Waals surface area contributed by atoms with E-state index in [-0.39, 0.29) is 170 Å². The van der Waals surface area contributed by atoms with Gasteiger partial charge in [0, 0.05) is 87.9 Å².